The minimum Gasteiger partial charge on any atom is -0.446 e. The standard InChI is InChI=1S/C11H15N5O/c1-8-2-3-11(17-8)16-10-6-9(13-5-4-12)14-7-15-10/h2-3,6-7H,4-5,12H2,1H3,(H2,13,14,15,16). The first-order valence-electron chi connectivity index (χ1n) is 5.37. The number of nitrogens with one attached hydrogen (secondary N) is 2. The Morgan fingerprint density at radius 2 is 2.12 bits per heavy atom. The molecule has 2 heterocycles. The predicted molar refractivity (Wildman–Crippen MR) is 66.3 cm³/mol. The highest BCUT2D eigenvalue weighted by Gasteiger charge is 2.01. The van der Waals surface area contributed by atoms with E-state index in [2.05, 4.69) is 20.6 Å². The number of rotatable bonds is 5. The number of aryl methyl sites for hydroxylation is 1. The van der Waals surface area contributed by atoms with Crippen molar-refractivity contribution in [1.29, 1.82) is 0 Å². The zero-order chi connectivity index (χ0) is 12.1. The molecule has 0 aliphatic carbocycles. The molecule has 90 valence electrons. The number of anilines is 3. The lowest BCUT2D eigenvalue weighted by Gasteiger charge is -2.05. The number of nitrogens with zero attached hydrogens (tertiary/aromatic N) is 2. The van der Waals surface area contributed by atoms with Crippen molar-refractivity contribution in [3.05, 3.63) is 30.3 Å². The Kier molecular flexibility index (Phi) is 3.56. The van der Waals surface area contributed by atoms with Gasteiger partial charge in [0.2, 0.25) is 0 Å². The van der Waals surface area contributed by atoms with E-state index in [-0.39, 0.29) is 0 Å². The maximum absolute atomic E-state index is 5.40. The molecule has 0 unspecified atom stereocenters. The van der Waals surface area contributed by atoms with Crippen LogP contribution < -0.4 is 16.4 Å². The van der Waals surface area contributed by atoms with Gasteiger partial charge in [0.15, 0.2) is 5.88 Å². The number of hydrogen-bond donors (Lipinski definition) is 3. The van der Waals surface area contributed by atoms with Gasteiger partial charge in [0.05, 0.1) is 0 Å². The second kappa shape index (κ2) is 5.31. The molecule has 0 saturated carbocycles. The highest BCUT2D eigenvalue weighted by molar-refractivity contribution is 5.54. The third kappa shape index (κ3) is 3.18. The van der Waals surface area contributed by atoms with Crippen LogP contribution in [0.5, 0.6) is 0 Å². The topological polar surface area (TPSA) is 89.0 Å². The van der Waals surface area contributed by atoms with Gasteiger partial charge < -0.3 is 20.8 Å². The van der Waals surface area contributed by atoms with Crippen LogP contribution in [0.15, 0.2) is 28.9 Å². The monoisotopic (exact) mass is 233 g/mol. The van der Waals surface area contributed by atoms with Crippen molar-refractivity contribution in [2.45, 2.75) is 6.92 Å². The summed E-state index contributed by atoms with van der Waals surface area (Å²) in [5.74, 6) is 2.92. The van der Waals surface area contributed by atoms with Crippen molar-refractivity contribution >= 4 is 17.5 Å². The van der Waals surface area contributed by atoms with Gasteiger partial charge in [-0.05, 0) is 13.0 Å². The lowest BCUT2D eigenvalue weighted by atomic mass is 10.5. The lowest BCUT2D eigenvalue weighted by Crippen LogP contribution is -2.14. The molecule has 17 heavy (non-hydrogen) atoms. The Morgan fingerprint density at radius 3 is 2.82 bits per heavy atom. The van der Waals surface area contributed by atoms with Crippen molar-refractivity contribution in [3.8, 4) is 0 Å². The maximum Gasteiger partial charge on any atom is 0.198 e. The second-order valence-corrected chi connectivity index (χ2v) is 3.54. The SMILES string of the molecule is Cc1ccc(Nc2cc(NCCN)ncn2)o1. The molecule has 0 aromatic carbocycles. The second-order valence-electron chi connectivity index (χ2n) is 3.54. The van der Waals surface area contributed by atoms with Gasteiger partial charge in [0, 0.05) is 25.2 Å². The number of nitrogens with two attached hydrogens (primary N) is 1. The summed E-state index contributed by atoms with van der Waals surface area (Å²) < 4.78 is 5.40. The van der Waals surface area contributed by atoms with E-state index in [4.69, 9.17) is 10.2 Å². The number of hydrogen-bond acceptors (Lipinski definition) is 6. The van der Waals surface area contributed by atoms with Crippen LogP contribution in [0.25, 0.3) is 0 Å². The summed E-state index contributed by atoms with van der Waals surface area (Å²) in [5, 5.41) is 6.13. The average Bonchev–Trinajstić information content (AvgIpc) is 2.73. The third-order valence-corrected chi connectivity index (χ3v) is 2.11. The van der Waals surface area contributed by atoms with Gasteiger partial charge in [-0.3, -0.25) is 0 Å². The van der Waals surface area contributed by atoms with E-state index >= 15 is 0 Å². The van der Waals surface area contributed by atoms with Crippen molar-refractivity contribution in [3.63, 3.8) is 0 Å². The van der Waals surface area contributed by atoms with E-state index in [9.17, 15) is 0 Å². The molecule has 0 spiro atoms. The number of aromatic nitrogens is 2. The van der Waals surface area contributed by atoms with Crippen molar-refractivity contribution in [1.82, 2.24) is 9.97 Å². The first-order chi connectivity index (χ1) is 8.28. The molecular weight excluding hydrogens is 218 g/mol. The van der Waals surface area contributed by atoms with Crippen LogP contribution in [0.4, 0.5) is 17.5 Å². The van der Waals surface area contributed by atoms with Crippen LogP contribution in [0, 0.1) is 6.92 Å². The smallest absolute Gasteiger partial charge is 0.198 e. The Labute approximate surface area is 99.3 Å². The summed E-state index contributed by atoms with van der Waals surface area (Å²) in [6.45, 7) is 3.12. The minimum absolute atomic E-state index is 0.560. The molecule has 0 radical (unpaired) electrons. The van der Waals surface area contributed by atoms with Crippen LogP contribution in [-0.4, -0.2) is 23.1 Å². The molecular formula is C11H15N5O. The van der Waals surface area contributed by atoms with E-state index in [0.29, 0.717) is 24.8 Å². The highest BCUT2D eigenvalue weighted by Crippen LogP contribution is 2.18. The molecule has 2 aromatic rings. The molecule has 0 fully saturated rings. The van der Waals surface area contributed by atoms with Gasteiger partial charge in [-0.25, -0.2) is 9.97 Å². The summed E-state index contributed by atoms with van der Waals surface area (Å²) in [4.78, 5) is 8.17. The van der Waals surface area contributed by atoms with Crippen molar-refractivity contribution in [2.75, 3.05) is 23.7 Å². The molecule has 0 aliphatic heterocycles. The lowest BCUT2D eigenvalue weighted by molar-refractivity contribution is 0.551. The van der Waals surface area contributed by atoms with Gasteiger partial charge in [-0.1, -0.05) is 0 Å². The fourth-order valence-electron chi connectivity index (χ4n) is 1.35. The number of furan rings is 1. The maximum atomic E-state index is 5.40. The normalized spacial score (nSPS) is 10.2. The molecule has 0 atom stereocenters. The minimum atomic E-state index is 0.560. The van der Waals surface area contributed by atoms with E-state index in [0.717, 1.165) is 11.6 Å². The van der Waals surface area contributed by atoms with Crippen LogP contribution >= 0.6 is 0 Å². The van der Waals surface area contributed by atoms with Gasteiger partial charge in [-0.2, -0.15) is 0 Å². The van der Waals surface area contributed by atoms with Crippen LogP contribution in [0.3, 0.4) is 0 Å². The molecule has 6 nitrogen and oxygen atoms in total. The summed E-state index contributed by atoms with van der Waals surface area (Å²) >= 11 is 0. The molecule has 0 amide bonds. The zero-order valence-electron chi connectivity index (χ0n) is 9.60. The van der Waals surface area contributed by atoms with Crippen LogP contribution in [0.2, 0.25) is 0 Å². The molecule has 2 rings (SSSR count). The van der Waals surface area contributed by atoms with Crippen LogP contribution in [-0.2, 0) is 0 Å². The summed E-state index contributed by atoms with van der Waals surface area (Å²) in [5.41, 5.74) is 5.40. The summed E-state index contributed by atoms with van der Waals surface area (Å²) in [6.07, 6.45) is 1.48. The molecule has 4 N–H and O–H groups in total. The molecule has 2 aromatic heterocycles. The van der Waals surface area contributed by atoms with Crippen LogP contribution in [0.1, 0.15) is 5.76 Å². The molecule has 0 bridgehead atoms. The quantitative estimate of drug-likeness (QED) is 0.725. The third-order valence-electron chi connectivity index (χ3n) is 2.11. The van der Waals surface area contributed by atoms with Gasteiger partial charge in [-0.15, -0.1) is 0 Å². The van der Waals surface area contributed by atoms with E-state index in [1.807, 2.05) is 19.1 Å². The Balaban J connectivity index is 2.05. The largest absolute Gasteiger partial charge is 0.446 e. The fraction of sp³-hybridized carbons (Fsp3) is 0.273. The fourth-order valence-corrected chi connectivity index (χ4v) is 1.35. The molecule has 0 saturated heterocycles. The Hall–Kier alpha value is -2.08. The van der Waals surface area contributed by atoms with Crippen molar-refractivity contribution < 1.29 is 4.42 Å². The highest BCUT2D eigenvalue weighted by atomic mass is 16.4. The van der Waals surface area contributed by atoms with E-state index < -0.39 is 0 Å². The van der Waals surface area contributed by atoms with E-state index in [1.54, 1.807) is 6.07 Å². The van der Waals surface area contributed by atoms with Gasteiger partial charge in [0.25, 0.3) is 0 Å². The van der Waals surface area contributed by atoms with E-state index in [1.165, 1.54) is 6.33 Å². The first-order valence-corrected chi connectivity index (χ1v) is 5.37. The van der Waals surface area contributed by atoms with Crippen molar-refractivity contribution in [2.24, 2.45) is 5.73 Å². The molecule has 6 heteroatoms. The summed E-state index contributed by atoms with van der Waals surface area (Å²) in [6, 6.07) is 5.54. The molecule has 0 aliphatic rings. The average molecular weight is 233 g/mol. The first kappa shape index (κ1) is 11.4. The zero-order valence-corrected chi connectivity index (χ0v) is 9.60. The summed E-state index contributed by atoms with van der Waals surface area (Å²) in [7, 11) is 0. The van der Waals surface area contributed by atoms with Gasteiger partial charge in [0.1, 0.15) is 23.7 Å². The Bertz CT molecular complexity index is 482. The van der Waals surface area contributed by atoms with Gasteiger partial charge >= 0.3 is 0 Å². The predicted octanol–water partition coefficient (Wildman–Crippen LogP) is 1.49. The Morgan fingerprint density at radius 1 is 1.29 bits per heavy atom.